The standard InChI is InChI=1S/C14H19F3N2/c1-10-4-3-7-19(10)13-6-5-11(9-18-2)8-12(13)14(15,16)17/h5-6,8,10,18H,3-4,7,9H2,1-2H3. The molecular formula is C14H19F3N2. The summed E-state index contributed by atoms with van der Waals surface area (Å²) in [5.74, 6) is 0. The summed E-state index contributed by atoms with van der Waals surface area (Å²) >= 11 is 0. The van der Waals surface area contributed by atoms with Gasteiger partial charge in [0.15, 0.2) is 0 Å². The second-order valence-electron chi connectivity index (χ2n) is 5.06. The van der Waals surface area contributed by atoms with Gasteiger partial charge in [-0.25, -0.2) is 0 Å². The third-order valence-electron chi connectivity index (χ3n) is 3.61. The Morgan fingerprint density at radius 2 is 2.11 bits per heavy atom. The van der Waals surface area contributed by atoms with Crippen molar-refractivity contribution in [1.82, 2.24) is 5.32 Å². The predicted molar refractivity (Wildman–Crippen MR) is 70.2 cm³/mol. The molecule has 1 aromatic carbocycles. The molecule has 5 heteroatoms. The molecule has 1 saturated heterocycles. The Morgan fingerprint density at radius 1 is 1.37 bits per heavy atom. The molecule has 0 aliphatic carbocycles. The highest BCUT2D eigenvalue weighted by Gasteiger charge is 2.36. The van der Waals surface area contributed by atoms with Gasteiger partial charge in [-0.15, -0.1) is 0 Å². The van der Waals surface area contributed by atoms with Crippen molar-refractivity contribution in [2.75, 3.05) is 18.5 Å². The van der Waals surface area contributed by atoms with Crippen LogP contribution < -0.4 is 10.2 Å². The number of nitrogens with zero attached hydrogens (tertiary/aromatic N) is 1. The summed E-state index contributed by atoms with van der Waals surface area (Å²) in [6.07, 6.45) is -2.40. The topological polar surface area (TPSA) is 15.3 Å². The maximum atomic E-state index is 13.2. The summed E-state index contributed by atoms with van der Waals surface area (Å²) < 4.78 is 39.6. The maximum absolute atomic E-state index is 13.2. The summed E-state index contributed by atoms with van der Waals surface area (Å²) in [5.41, 5.74) is 0.455. The summed E-state index contributed by atoms with van der Waals surface area (Å²) in [4.78, 5) is 1.87. The SMILES string of the molecule is CNCc1ccc(N2CCCC2C)c(C(F)(F)F)c1. The summed E-state index contributed by atoms with van der Waals surface area (Å²) in [6, 6.07) is 4.82. The van der Waals surface area contributed by atoms with E-state index in [1.807, 2.05) is 11.8 Å². The fraction of sp³-hybridized carbons (Fsp3) is 0.571. The minimum absolute atomic E-state index is 0.177. The van der Waals surface area contributed by atoms with Crippen molar-refractivity contribution < 1.29 is 13.2 Å². The van der Waals surface area contributed by atoms with Crippen LogP contribution in [0.15, 0.2) is 18.2 Å². The highest BCUT2D eigenvalue weighted by atomic mass is 19.4. The second kappa shape index (κ2) is 5.41. The van der Waals surface area contributed by atoms with Crippen LogP contribution in [0.4, 0.5) is 18.9 Å². The van der Waals surface area contributed by atoms with E-state index in [-0.39, 0.29) is 6.04 Å². The van der Waals surface area contributed by atoms with Crippen LogP contribution >= 0.6 is 0 Å². The van der Waals surface area contributed by atoms with Crippen LogP contribution in [-0.2, 0) is 12.7 Å². The number of hydrogen-bond acceptors (Lipinski definition) is 2. The lowest BCUT2D eigenvalue weighted by molar-refractivity contribution is -0.137. The van der Waals surface area contributed by atoms with Crippen LogP contribution in [0, 0.1) is 0 Å². The van der Waals surface area contributed by atoms with Crippen LogP contribution in [-0.4, -0.2) is 19.6 Å². The Labute approximate surface area is 111 Å². The molecule has 0 bridgehead atoms. The van der Waals surface area contributed by atoms with Crippen molar-refractivity contribution in [3.05, 3.63) is 29.3 Å². The smallest absolute Gasteiger partial charge is 0.368 e. The quantitative estimate of drug-likeness (QED) is 0.907. The number of benzene rings is 1. The van der Waals surface area contributed by atoms with E-state index in [2.05, 4.69) is 5.32 Å². The molecule has 1 aromatic rings. The van der Waals surface area contributed by atoms with Crippen molar-refractivity contribution in [3.63, 3.8) is 0 Å². The summed E-state index contributed by atoms with van der Waals surface area (Å²) in [5, 5.41) is 2.88. The van der Waals surface area contributed by atoms with Gasteiger partial charge in [0, 0.05) is 24.8 Å². The molecule has 1 fully saturated rings. The molecule has 1 atom stereocenters. The van der Waals surface area contributed by atoms with Crippen molar-refractivity contribution in [2.45, 2.75) is 38.5 Å². The molecule has 0 aromatic heterocycles. The Bertz CT molecular complexity index is 443. The molecule has 2 nitrogen and oxygen atoms in total. The molecule has 0 saturated carbocycles. The average Bonchev–Trinajstić information content (AvgIpc) is 2.75. The molecule has 1 aliphatic rings. The van der Waals surface area contributed by atoms with E-state index in [0.29, 0.717) is 24.3 Å². The fourth-order valence-corrected chi connectivity index (χ4v) is 2.67. The molecule has 0 spiro atoms. The molecule has 106 valence electrons. The van der Waals surface area contributed by atoms with Crippen LogP contribution in [0.2, 0.25) is 0 Å². The number of nitrogens with one attached hydrogen (secondary N) is 1. The monoisotopic (exact) mass is 272 g/mol. The third-order valence-corrected chi connectivity index (χ3v) is 3.61. The lowest BCUT2D eigenvalue weighted by atomic mass is 10.1. The van der Waals surface area contributed by atoms with Gasteiger partial charge in [0.25, 0.3) is 0 Å². The Balaban J connectivity index is 2.42. The largest absolute Gasteiger partial charge is 0.418 e. The lowest BCUT2D eigenvalue weighted by Crippen LogP contribution is -2.29. The van der Waals surface area contributed by atoms with E-state index in [9.17, 15) is 13.2 Å². The highest BCUT2D eigenvalue weighted by molar-refractivity contribution is 5.57. The van der Waals surface area contributed by atoms with Gasteiger partial charge in [-0.3, -0.25) is 0 Å². The van der Waals surface area contributed by atoms with Crippen molar-refractivity contribution in [1.29, 1.82) is 0 Å². The molecule has 1 heterocycles. The second-order valence-corrected chi connectivity index (χ2v) is 5.06. The van der Waals surface area contributed by atoms with E-state index in [0.717, 1.165) is 12.8 Å². The molecule has 19 heavy (non-hydrogen) atoms. The predicted octanol–water partition coefficient (Wildman–Crippen LogP) is 3.41. The zero-order chi connectivity index (χ0) is 14.0. The van der Waals surface area contributed by atoms with Crippen LogP contribution in [0.5, 0.6) is 0 Å². The summed E-state index contributed by atoms with van der Waals surface area (Å²) in [7, 11) is 1.73. The maximum Gasteiger partial charge on any atom is 0.418 e. The van der Waals surface area contributed by atoms with Crippen molar-refractivity contribution in [2.24, 2.45) is 0 Å². The highest BCUT2D eigenvalue weighted by Crippen LogP contribution is 2.39. The lowest BCUT2D eigenvalue weighted by Gasteiger charge is -2.27. The molecule has 1 unspecified atom stereocenters. The molecule has 1 N–H and O–H groups in total. The molecular weight excluding hydrogens is 253 g/mol. The first-order valence-electron chi connectivity index (χ1n) is 6.55. The Hall–Kier alpha value is -1.23. The first-order valence-corrected chi connectivity index (χ1v) is 6.55. The van der Waals surface area contributed by atoms with E-state index in [1.165, 1.54) is 6.07 Å². The average molecular weight is 272 g/mol. The number of halogens is 3. The summed E-state index contributed by atoms with van der Waals surface area (Å²) in [6.45, 7) is 3.13. The number of hydrogen-bond donors (Lipinski definition) is 1. The van der Waals surface area contributed by atoms with Crippen molar-refractivity contribution in [3.8, 4) is 0 Å². The zero-order valence-corrected chi connectivity index (χ0v) is 11.2. The van der Waals surface area contributed by atoms with E-state index in [4.69, 9.17) is 0 Å². The van der Waals surface area contributed by atoms with E-state index in [1.54, 1.807) is 19.2 Å². The van der Waals surface area contributed by atoms with Crippen LogP contribution in [0.25, 0.3) is 0 Å². The van der Waals surface area contributed by atoms with Gasteiger partial charge in [0.2, 0.25) is 0 Å². The number of anilines is 1. The molecule has 0 radical (unpaired) electrons. The number of rotatable bonds is 3. The van der Waals surface area contributed by atoms with Gasteiger partial charge in [0.05, 0.1) is 5.56 Å². The minimum atomic E-state index is -4.30. The fourth-order valence-electron chi connectivity index (χ4n) is 2.67. The van der Waals surface area contributed by atoms with E-state index < -0.39 is 11.7 Å². The van der Waals surface area contributed by atoms with Gasteiger partial charge in [-0.05, 0) is 44.5 Å². The molecule has 0 amide bonds. The first-order chi connectivity index (χ1) is 8.93. The van der Waals surface area contributed by atoms with Gasteiger partial charge in [0.1, 0.15) is 0 Å². The third kappa shape index (κ3) is 3.03. The van der Waals surface area contributed by atoms with Crippen LogP contribution in [0.1, 0.15) is 30.9 Å². The molecule has 1 aliphatic heterocycles. The van der Waals surface area contributed by atoms with E-state index >= 15 is 0 Å². The Morgan fingerprint density at radius 3 is 2.63 bits per heavy atom. The van der Waals surface area contributed by atoms with Gasteiger partial charge in [-0.2, -0.15) is 13.2 Å². The Kier molecular flexibility index (Phi) is 4.04. The van der Waals surface area contributed by atoms with Gasteiger partial charge >= 0.3 is 6.18 Å². The van der Waals surface area contributed by atoms with Crippen molar-refractivity contribution >= 4 is 5.69 Å². The van der Waals surface area contributed by atoms with Gasteiger partial charge in [-0.1, -0.05) is 6.07 Å². The minimum Gasteiger partial charge on any atom is -0.368 e. The van der Waals surface area contributed by atoms with Crippen LogP contribution in [0.3, 0.4) is 0 Å². The zero-order valence-electron chi connectivity index (χ0n) is 11.2. The van der Waals surface area contributed by atoms with Gasteiger partial charge < -0.3 is 10.2 Å². The first kappa shape index (κ1) is 14.2. The molecule has 2 rings (SSSR count). The normalized spacial score (nSPS) is 20.1. The number of alkyl halides is 3.